The van der Waals surface area contributed by atoms with Crippen LogP contribution in [0.15, 0.2) is 0 Å². The number of carboxylic acid groups (broad SMARTS) is 1. The van der Waals surface area contributed by atoms with E-state index in [1.807, 2.05) is 6.92 Å². The number of aliphatic carboxylic acids is 1. The Bertz CT molecular complexity index is 291. The molecule has 0 aromatic rings. The molecule has 0 aromatic heterocycles. The maximum absolute atomic E-state index is 11.5. The molecule has 7 nitrogen and oxygen atoms in total. The van der Waals surface area contributed by atoms with E-state index in [1.165, 1.54) is 7.11 Å². The van der Waals surface area contributed by atoms with Gasteiger partial charge in [-0.1, -0.05) is 0 Å². The Balaban J connectivity index is 2.26. The molecule has 1 fully saturated rings. The van der Waals surface area contributed by atoms with Crippen molar-refractivity contribution in [3.63, 3.8) is 0 Å². The number of amides is 2. The summed E-state index contributed by atoms with van der Waals surface area (Å²) in [6, 6.07) is -0.514. The number of carbonyl (C=O) groups excluding carboxylic acids is 1. The van der Waals surface area contributed by atoms with Crippen LogP contribution in [0.5, 0.6) is 0 Å². The average molecular weight is 260 g/mol. The molecule has 1 rings (SSSR count). The molecule has 2 amide bonds. The summed E-state index contributed by atoms with van der Waals surface area (Å²) in [5.41, 5.74) is 0. The highest BCUT2D eigenvalue weighted by Crippen LogP contribution is 2.15. The third-order valence-corrected chi connectivity index (χ3v) is 2.89. The van der Waals surface area contributed by atoms with Crippen molar-refractivity contribution in [3.8, 4) is 0 Å². The molecule has 104 valence electrons. The first-order chi connectivity index (χ1) is 8.54. The van der Waals surface area contributed by atoms with E-state index < -0.39 is 18.1 Å². The minimum atomic E-state index is -1.11. The number of ether oxygens (including phenoxy) is 2. The van der Waals surface area contributed by atoms with Gasteiger partial charge in [0.05, 0.1) is 18.7 Å². The molecule has 0 spiro atoms. The lowest BCUT2D eigenvalue weighted by Crippen LogP contribution is -2.48. The van der Waals surface area contributed by atoms with E-state index in [1.54, 1.807) is 0 Å². The van der Waals surface area contributed by atoms with Crippen molar-refractivity contribution in [2.24, 2.45) is 0 Å². The minimum absolute atomic E-state index is 0.0356. The molecule has 1 heterocycles. The molecule has 1 aliphatic heterocycles. The largest absolute Gasteiger partial charge is 0.479 e. The summed E-state index contributed by atoms with van der Waals surface area (Å²) in [6.45, 7) is 2.51. The van der Waals surface area contributed by atoms with Gasteiger partial charge in [0.15, 0.2) is 6.10 Å². The Morgan fingerprint density at radius 1 is 1.56 bits per heavy atom. The maximum Gasteiger partial charge on any atom is 0.334 e. The van der Waals surface area contributed by atoms with Crippen LogP contribution in [-0.2, 0) is 14.3 Å². The van der Waals surface area contributed by atoms with Crippen molar-refractivity contribution >= 4 is 12.0 Å². The van der Waals surface area contributed by atoms with Crippen LogP contribution >= 0.6 is 0 Å². The molecule has 0 aromatic carbocycles. The molecule has 18 heavy (non-hydrogen) atoms. The summed E-state index contributed by atoms with van der Waals surface area (Å²) in [5, 5.41) is 13.9. The number of urea groups is 1. The monoisotopic (exact) mass is 260 g/mol. The van der Waals surface area contributed by atoms with Crippen molar-refractivity contribution in [1.29, 1.82) is 0 Å². The first-order valence-electron chi connectivity index (χ1n) is 5.96. The molecule has 3 unspecified atom stereocenters. The van der Waals surface area contributed by atoms with Crippen LogP contribution in [0.2, 0.25) is 0 Å². The Morgan fingerprint density at radius 2 is 2.28 bits per heavy atom. The smallest absolute Gasteiger partial charge is 0.334 e. The van der Waals surface area contributed by atoms with Crippen molar-refractivity contribution < 1.29 is 24.2 Å². The van der Waals surface area contributed by atoms with Gasteiger partial charge in [0.1, 0.15) is 0 Å². The molecule has 3 N–H and O–H groups in total. The van der Waals surface area contributed by atoms with Gasteiger partial charge in [0.2, 0.25) is 0 Å². The number of hydrogen-bond donors (Lipinski definition) is 3. The van der Waals surface area contributed by atoms with Gasteiger partial charge in [-0.2, -0.15) is 0 Å². The van der Waals surface area contributed by atoms with Gasteiger partial charge >= 0.3 is 12.0 Å². The first kappa shape index (κ1) is 14.7. The lowest BCUT2D eigenvalue weighted by molar-refractivity contribution is -0.147. The number of carbonyl (C=O) groups is 2. The number of rotatable bonds is 6. The van der Waals surface area contributed by atoms with Crippen LogP contribution in [0.4, 0.5) is 4.79 Å². The van der Waals surface area contributed by atoms with Gasteiger partial charge in [0, 0.05) is 13.7 Å². The second kappa shape index (κ2) is 7.17. The zero-order valence-corrected chi connectivity index (χ0v) is 10.6. The summed E-state index contributed by atoms with van der Waals surface area (Å²) in [7, 11) is 1.29. The van der Waals surface area contributed by atoms with Gasteiger partial charge in [0.25, 0.3) is 0 Å². The second-order valence-corrected chi connectivity index (χ2v) is 4.26. The average Bonchev–Trinajstić information content (AvgIpc) is 2.82. The molecule has 0 saturated carbocycles. The summed E-state index contributed by atoms with van der Waals surface area (Å²) in [5.74, 6) is -1.11. The van der Waals surface area contributed by atoms with Crippen molar-refractivity contribution in [1.82, 2.24) is 10.6 Å². The van der Waals surface area contributed by atoms with Crippen LogP contribution in [0.1, 0.15) is 19.8 Å². The molecule has 0 aliphatic carbocycles. The van der Waals surface area contributed by atoms with Crippen molar-refractivity contribution in [2.45, 2.75) is 38.0 Å². The number of hydrogen-bond acceptors (Lipinski definition) is 4. The highest BCUT2D eigenvalue weighted by atomic mass is 16.5. The van der Waals surface area contributed by atoms with Gasteiger partial charge in [-0.05, 0) is 19.8 Å². The molecular weight excluding hydrogens is 240 g/mol. The lowest BCUT2D eigenvalue weighted by Gasteiger charge is -2.20. The quantitative estimate of drug-likeness (QED) is 0.622. The summed E-state index contributed by atoms with van der Waals surface area (Å²) < 4.78 is 10.1. The van der Waals surface area contributed by atoms with E-state index in [2.05, 4.69) is 10.6 Å². The van der Waals surface area contributed by atoms with Gasteiger partial charge in [-0.25, -0.2) is 9.59 Å². The Labute approximate surface area is 106 Å². The Kier molecular flexibility index (Phi) is 5.87. The topological polar surface area (TPSA) is 96.9 Å². The van der Waals surface area contributed by atoms with E-state index in [0.29, 0.717) is 0 Å². The van der Waals surface area contributed by atoms with Gasteiger partial charge in [-0.3, -0.25) is 0 Å². The maximum atomic E-state index is 11.5. The van der Waals surface area contributed by atoms with Crippen molar-refractivity contribution in [2.75, 3.05) is 20.3 Å². The number of methoxy groups -OCH3 is 1. The highest BCUT2D eigenvalue weighted by molar-refractivity contribution is 5.77. The van der Waals surface area contributed by atoms with Gasteiger partial charge in [-0.15, -0.1) is 0 Å². The second-order valence-electron chi connectivity index (χ2n) is 4.26. The molecule has 3 atom stereocenters. The molecule has 1 saturated heterocycles. The lowest BCUT2D eigenvalue weighted by atomic mass is 10.1. The minimum Gasteiger partial charge on any atom is -0.479 e. The molecular formula is C11H20N2O5. The van der Waals surface area contributed by atoms with Crippen LogP contribution in [0, 0.1) is 0 Å². The predicted molar refractivity (Wildman–Crippen MR) is 63.4 cm³/mol. The molecule has 0 bridgehead atoms. The number of nitrogens with one attached hydrogen (secondary N) is 2. The van der Waals surface area contributed by atoms with Crippen LogP contribution in [0.25, 0.3) is 0 Å². The Hall–Kier alpha value is -1.34. The van der Waals surface area contributed by atoms with Gasteiger partial charge < -0.3 is 25.2 Å². The number of carboxylic acids is 1. The van der Waals surface area contributed by atoms with Crippen LogP contribution in [-0.4, -0.2) is 55.6 Å². The van der Waals surface area contributed by atoms with E-state index in [0.717, 1.165) is 19.4 Å². The van der Waals surface area contributed by atoms with E-state index in [9.17, 15) is 9.59 Å². The standard InChI is InChI=1S/C11H20N2O5/c1-7(8-4-3-5-18-8)13-11(16)12-6-9(17-2)10(14)15/h7-9H,3-6H2,1-2H3,(H,14,15)(H2,12,13,16). The molecule has 0 radical (unpaired) electrons. The van der Waals surface area contributed by atoms with E-state index >= 15 is 0 Å². The zero-order valence-electron chi connectivity index (χ0n) is 10.6. The SMILES string of the molecule is COC(CNC(=O)NC(C)C1CCCO1)C(=O)O. The Morgan fingerprint density at radius 3 is 2.78 bits per heavy atom. The summed E-state index contributed by atoms with van der Waals surface area (Å²) in [4.78, 5) is 22.2. The predicted octanol–water partition coefficient (Wildman–Crippen LogP) is -0.0473. The van der Waals surface area contributed by atoms with Crippen LogP contribution < -0.4 is 10.6 Å². The summed E-state index contributed by atoms with van der Waals surface area (Å²) in [6.07, 6.45) is 0.933. The van der Waals surface area contributed by atoms with Crippen molar-refractivity contribution in [3.05, 3.63) is 0 Å². The fourth-order valence-electron chi connectivity index (χ4n) is 1.80. The fourth-order valence-corrected chi connectivity index (χ4v) is 1.80. The zero-order chi connectivity index (χ0) is 13.5. The van der Waals surface area contributed by atoms with E-state index in [-0.39, 0.29) is 18.7 Å². The van der Waals surface area contributed by atoms with E-state index in [4.69, 9.17) is 14.6 Å². The summed E-state index contributed by atoms with van der Waals surface area (Å²) >= 11 is 0. The first-order valence-corrected chi connectivity index (χ1v) is 5.96. The highest BCUT2D eigenvalue weighted by Gasteiger charge is 2.24. The third kappa shape index (κ3) is 4.50. The molecule has 1 aliphatic rings. The molecule has 7 heteroatoms. The normalized spacial score (nSPS) is 22.2. The fraction of sp³-hybridized carbons (Fsp3) is 0.818. The third-order valence-electron chi connectivity index (χ3n) is 2.89. The van der Waals surface area contributed by atoms with Crippen LogP contribution in [0.3, 0.4) is 0 Å².